The second kappa shape index (κ2) is 8.70. The molecule has 3 nitrogen and oxygen atoms in total. The summed E-state index contributed by atoms with van der Waals surface area (Å²) in [6.45, 7) is 4.97. The topological polar surface area (TPSA) is 54.4 Å². The molecular formula is C15H21ClO3. The van der Waals surface area contributed by atoms with Gasteiger partial charge >= 0.3 is 5.97 Å². The second-order valence-electron chi connectivity index (χ2n) is 4.79. The van der Waals surface area contributed by atoms with E-state index >= 15 is 0 Å². The van der Waals surface area contributed by atoms with Crippen molar-refractivity contribution in [1.82, 2.24) is 0 Å². The van der Waals surface area contributed by atoms with E-state index in [9.17, 15) is 9.59 Å². The van der Waals surface area contributed by atoms with Gasteiger partial charge in [-0.2, -0.15) is 0 Å². The van der Waals surface area contributed by atoms with Crippen LogP contribution in [-0.2, 0) is 15.0 Å². The zero-order valence-corrected chi connectivity index (χ0v) is 12.4. The Hall–Kier alpha value is -1.35. The van der Waals surface area contributed by atoms with Gasteiger partial charge in [0.1, 0.15) is 5.78 Å². The monoisotopic (exact) mass is 284 g/mol. The minimum atomic E-state index is -0.797. The number of benzene rings is 1. The maximum Gasteiger partial charge on any atom is 0.313 e. The summed E-state index contributed by atoms with van der Waals surface area (Å²) in [7, 11) is 0. The van der Waals surface area contributed by atoms with Crippen molar-refractivity contribution in [2.75, 3.05) is 5.88 Å². The molecule has 0 saturated carbocycles. The highest BCUT2D eigenvalue weighted by Crippen LogP contribution is 2.22. The van der Waals surface area contributed by atoms with E-state index in [1.54, 1.807) is 20.8 Å². The quantitative estimate of drug-likeness (QED) is 0.840. The molecule has 0 atom stereocenters. The van der Waals surface area contributed by atoms with E-state index in [2.05, 4.69) is 0 Å². The lowest BCUT2D eigenvalue weighted by Gasteiger charge is -2.18. The minimum Gasteiger partial charge on any atom is -0.481 e. The Bertz CT molecular complexity index is 399. The molecule has 19 heavy (non-hydrogen) atoms. The molecular weight excluding hydrogens is 264 g/mol. The SMILES string of the molecule is CC(=O)CCCCl.CC(C)(C(=O)O)c1ccccc1. The highest BCUT2D eigenvalue weighted by molar-refractivity contribution is 6.17. The number of ketones is 1. The molecule has 4 heteroatoms. The van der Waals surface area contributed by atoms with Crippen LogP contribution in [0.2, 0.25) is 0 Å². The Morgan fingerprint density at radius 2 is 1.74 bits per heavy atom. The molecule has 1 aromatic rings. The largest absolute Gasteiger partial charge is 0.481 e. The number of carboxylic acids is 1. The number of carboxylic acid groups (broad SMARTS) is 1. The first-order chi connectivity index (χ1) is 8.82. The van der Waals surface area contributed by atoms with Crippen LogP contribution in [0.25, 0.3) is 0 Å². The van der Waals surface area contributed by atoms with E-state index in [1.807, 2.05) is 30.3 Å². The number of rotatable bonds is 5. The predicted octanol–water partition coefficient (Wildman–Crippen LogP) is 3.64. The Balaban J connectivity index is 0.000000399. The lowest BCUT2D eigenvalue weighted by atomic mass is 9.85. The fraction of sp³-hybridized carbons (Fsp3) is 0.467. The van der Waals surface area contributed by atoms with Crippen LogP contribution in [0.3, 0.4) is 0 Å². The highest BCUT2D eigenvalue weighted by Gasteiger charge is 2.28. The summed E-state index contributed by atoms with van der Waals surface area (Å²) in [6, 6.07) is 9.23. The standard InChI is InChI=1S/C10H12O2.C5H9ClO/c1-10(2,9(11)12)8-6-4-3-5-7-8;1-5(7)3-2-4-6/h3-7H,1-2H3,(H,11,12);2-4H2,1H3. The Morgan fingerprint density at radius 3 is 2.05 bits per heavy atom. The van der Waals surface area contributed by atoms with Crippen molar-refractivity contribution in [3.8, 4) is 0 Å². The van der Waals surface area contributed by atoms with E-state index < -0.39 is 11.4 Å². The fourth-order valence-electron chi connectivity index (χ4n) is 1.29. The molecule has 1 aromatic carbocycles. The van der Waals surface area contributed by atoms with Gasteiger partial charge in [0, 0.05) is 12.3 Å². The van der Waals surface area contributed by atoms with E-state index in [4.69, 9.17) is 16.7 Å². The van der Waals surface area contributed by atoms with Crippen LogP contribution >= 0.6 is 11.6 Å². The molecule has 0 spiro atoms. The smallest absolute Gasteiger partial charge is 0.313 e. The van der Waals surface area contributed by atoms with E-state index in [-0.39, 0.29) is 5.78 Å². The molecule has 0 amide bonds. The first-order valence-electron chi connectivity index (χ1n) is 6.16. The van der Waals surface area contributed by atoms with Crippen molar-refractivity contribution >= 4 is 23.4 Å². The van der Waals surface area contributed by atoms with Gasteiger partial charge in [-0.1, -0.05) is 30.3 Å². The van der Waals surface area contributed by atoms with Crippen LogP contribution in [0, 0.1) is 0 Å². The van der Waals surface area contributed by atoms with Crippen LogP contribution in [0.4, 0.5) is 0 Å². The first-order valence-corrected chi connectivity index (χ1v) is 6.70. The van der Waals surface area contributed by atoms with Gasteiger partial charge in [0.15, 0.2) is 0 Å². The third kappa shape index (κ3) is 6.97. The zero-order valence-electron chi connectivity index (χ0n) is 11.6. The van der Waals surface area contributed by atoms with Gasteiger partial charge in [-0.3, -0.25) is 4.79 Å². The Kier molecular flexibility index (Phi) is 8.08. The number of carbonyl (C=O) groups is 2. The summed E-state index contributed by atoms with van der Waals surface area (Å²) in [5.74, 6) is 0.0221. The van der Waals surface area contributed by atoms with Crippen molar-refractivity contribution in [2.45, 2.75) is 39.0 Å². The molecule has 0 aliphatic heterocycles. The molecule has 0 aliphatic rings. The van der Waals surface area contributed by atoms with Gasteiger partial charge in [0.2, 0.25) is 0 Å². The molecule has 0 fully saturated rings. The van der Waals surface area contributed by atoms with Gasteiger partial charge in [0.05, 0.1) is 5.41 Å². The Labute approximate surface area is 119 Å². The number of Topliss-reactive ketones (excluding diaryl/α,β-unsaturated/α-hetero) is 1. The van der Waals surface area contributed by atoms with E-state index in [0.717, 1.165) is 12.0 Å². The van der Waals surface area contributed by atoms with E-state index in [1.165, 1.54) is 0 Å². The molecule has 0 heterocycles. The third-order valence-electron chi connectivity index (χ3n) is 2.69. The molecule has 0 bridgehead atoms. The average molecular weight is 285 g/mol. The van der Waals surface area contributed by atoms with Crippen LogP contribution in [0.5, 0.6) is 0 Å². The molecule has 0 saturated heterocycles. The first kappa shape index (κ1) is 17.6. The lowest BCUT2D eigenvalue weighted by molar-refractivity contribution is -0.142. The second-order valence-corrected chi connectivity index (χ2v) is 5.17. The van der Waals surface area contributed by atoms with Crippen molar-refractivity contribution in [3.05, 3.63) is 35.9 Å². The molecule has 0 radical (unpaired) electrons. The van der Waals surface area contributed by atoms with Crippen LogP contribution in [0.1, 0.15) is 39.2 Å². The molecule has 0 aliphatic carbocycles. The van der Waals surface area contributed by atoms with Gasteiger partial charge in [-0.15, -0.1) is 11.6 Å². The van der Waals surface area contributed by atoms with Crippen molar-refractivity contribution < 1.29 is 14.7 Å². The number of hydrogen-bond acceptors (Lipinski definition) is 2. The number of alkyl halides is 1. The maximum absolute atomic E-state index is 10.8. The maximum atomic E-state index is 10.8. The van der Waals surface area contributed by atoms with Gasteiger partial charge in [-0.05, 0) is 32.8 Å². The number of hydrogen-bond donors (Lipinski definition) is 1. The average Bonchev–Trinajstić information content (AvgIpc) is 2.38. The summed E-state index contributed by atoms with van der Waals surface area (Å²) < 4.78 is 0. The number of carbonyl (C=O) groups excluding carboxylic acids is 1. The van der Waals surface area contributed by atoms with Gasteiger partial charge in [-0.25, -0.2) is 0 Å². The van der Waals surface area contributed by atoms with Crippen LogP contribution in [-0.4, -0.2) is 22.7 Å². The summed E-state index contributed by atoms with van der Waals surface area (Å²) in [6.07, 6.45) is 1.44. The summed E-state index contributed by atoms with van der Waals surface area (Å²) in [5.41, 5.74) is 0.0406. The van der Waals surface area contributed by atoms with Crippen molar-refractivity contribution in [1.29, 1.82) is 0 Å². The fourth-order valence-corrected chi connectivity index (χ4v) is 1.43. The normalized spacial score (nSPS) is 10.3. The van der Waals surface area contributed by atoms with Crippen LogP contribution in [0.15, 0.2) is 30.3 Å². The molecule has 106 valence electrons. The molecule has 1 rings (SSSR count). The van der Waals surface area contributed by atoms with Gasteiger partial charge < -0.3 is 9.90 Å². The Morgan fingerprint density at radius 1 is 1.21 bits per heavy atom. The summed E-state index contributed by atoms with van der Waals surface area (Å²) in [4.78, 5) is 21.0. The number of aliphatic carboxylic acids is 1. The molecule has 0 aromatic heterocycles. The summed E-state index contributed by atoms with van der Waals surface area (Å²) in [5, 5.41) is 8.89. The third-order valence-corrected chi connectivity index (χ3v) is 2.96. The predicted molar refractivity (Wildman–Crippen MR) is 77.7 cm³/mol. The van der Waals surface area contributed by atoms with Crippen LogP contribution < -0.4 is 0 Å². The lowest BCUT2D eigenvalue weighted by Crippen LogP contribution is -2.28. The molecule has 0 unspecified atom stereocenters. The van der Waals surface area contributed by atoms with Crippen molar-refractivity contribution in [2.24, 2.45) is 0 Å². The number of halogens is 1. The highest BCUT2D eigenvalue weighted by atomic mass is 35.5. The van der Waals surface area contributed by atoms with E-state index in [0.29, 0.717) is 12.3 Å². The molecule has 1 N–H and O–H groups in total. The zero-order chi connectivity index (χ0) is 14.9. The minimum absolute atomic E-state index is 0.223. The van der Waals surface area contributed by atoms with Gasteiger partial charge in [0.25, 0.3) is 0 Å². The van der Waals surface area contributed by atoms with Crippen molar-refractivity contribution in [3.63, 3.8) is 0 Å². The summed E-state index contributed by atoms with van der Waals surface area (Å²) >= 11 is 5.29.